The number of ether oxygens (including phenoxy) is 1. The third kappa shape index (κ3) is 2.17. The number of hydrogen-bond acceptors (Lipinski definition) is 2. The van der Waals surface area contributed by atoms with E-state index in [0.717, 1.165) is 16.5 Å². The summed E-state index contributed by atoms with van der Waals surface area (Å²) in [7, 11) is 3.37. The molecule has 90 valence electrons. The minimum Gasteiger partial charge on any atom is -0.479 e. The molecule has 0 fully saturated rings. The summed E-state index contributed by atoms with van der Waals surface area (Å²) in [5.74, 6) is -0.932. The molecule has 2 rings (SSSR count). The van der Waals surface area contributed by atoms with Crippen molar-refractivity contribution >= 4 is 16.9 Å². The molecule has 4 heteroatoms. The standard InChI is InChI=1S/C13H15NO3/c1-14-7-6-9-4-3-5-10(12(9)14)8-11(17-2)13(15)16/h3-7,11H,8H2,1-2H3,(H,15,16). The average molecular weight is 233 g/mol. The van der Waals surface area contributed by atoms with Gasteiger partial charge < -0.3 is 14.4 Å². The first kappa shape index (κ1) is 11.7. The van der Waals surface area contributed by atoms with E-state index in [0.29, 0.717) is 6.42 Å². The van der Waals surface area contributed by atoms with Gasteiger partial charge >= 0.3 is 5.97 Å². The van der Waals surface area contributed by atoms with Crippen LogP contribution in [0.2, 0.25) is 0 Å². The van der Waals surface area contributed by atoms with Gasteiger partial charge in [-0.1, -0.05) is 18.2 Å². The Balaban J connectivity index is 2.41. The topological polar surface area (TPSA) is 51.5 Å². The minimum absolute atomic E-state index is 0.376. The Kier molecular flexibility index (Phi) is 3.15. The summed E-state index contributed by atoms with van der Waals surface area (Å²) >= 11 is 0. The second kappa shape index (κ2) is 4.59. The lowest BCUT2D eigenvalue weighted by molar-refractivity contribution is -0.148. The molecule has 1 aromatic carbocycles. The predicted molar refractivity (Wildman–Crippen MR) is 65.1 cm³/mol. The van der Waals surface area contributed by atoms with Gasteiger partial charge in [0.25, 0.3) is 0 Å². The summed E-state index contributed by atoms with van der Waals surface area (Å²) in [6.07, 6.45) is 1.55. The summed E-state index contributed by atoms with van der Waals surface area (Å²) in [6, 6.07) is 7.91. The first-order chi connectivity index (χ1) is 8.13. The van der Waals surface area contributed by atoms with E-state index in [1.807, 2.05) is 42.1 Å². The van der Waals surface area contributed by atoms with Crippen LogP contribution in [0.5, 0.6) is 0 Å². The van der Waals surface area contributed by atoms with E-state index in [1.165, 1.54) is 7.11 Å². The maximum Gasteiger partial charge on any atom is 0.333 e. The number of carboxylic acid groups (broad SMARTS) is 1. The van der Waals surface area contributed by atoms with Gasteiger partial charge in [-0.25, -0.2) is 4.79 Å². The van der Waals surface area contributed by atoms with Crippen molar-refractivity contribution in [1.29, 1.82) is 0 Å². The van der Waals surface area contributed by atoms with Crippen LogP contribution in [0.15, 0.2) is 30.5 Å². The van der Waals surface area contributed by atoms with Gasteiger partial charge in [-0.15, -0.1) is 0 Å². The van der Waals surface area contributed by atoms with Gasteiger partial charge in [0.05, 0.1) is 5.52 Å². The number of aliphatic carboxylic acids is 1. The van der Waals surface area contributed by atoms with E-state index in [9.17, 15) is 4.79 Å². The molecule has 2 aromatic rings. The zero-order valence-electron chi connectivity index (χ0n) is 9.88. The Morgan fingerprint density at radius 2 is 2.24 bits per heavy atom. The van der Waals surface area contributed by atoms with Crippen LogP contribution in [0.4, 0.5) is 0 Å². The molecule has 1 heterocycles. The van der Waals surface area contributed by atoms with Crippen LogP contribution in [-0.4, -0.2) is 28.9 Å². The zero-order chi connectivity index (χ0) is 12.4. The average Bonchev–Trinajstić information content (AvgIpc) is 2.68. The molecule has 0 bridgehead atoms. The van der Waals surface area contributed by atoms with Crippen molar-refractivity contribution in [3.63, 3.8) is 0 Å². The van der Waals surface area contributed by atoms with E-state index in [2.05, 4.69) is 0 Å². The molecule has 0 amide bonds. The second-order valence-electron chi connectivity index (χ2n) is 4.05. The van der Waals surface area contributed by atoms with Crippen molar-refractivity contribution in [2.24, 2.45) is 7.05 Å². The fraction of sp³-hybridized carbons (Fsp3) is 0.308. The third-order valence-corrected chi connectivity index (χ3v) is 2.95. The van der Waals surface area contributed by atoms with E-state index in [1.54, 1.807) is 0 Å². The molecular formula is C13H15NO3. The van der Waals surface area contributed by atoms with Gasteiger partial charge in [0.15, 0.2) is 6.10 Å². The highest BCUT2D eigenvalue weighted by Crippen LogP contribution is 2.21. The molecule has 0 spiro atoms. The highest BCUT2D eigenvalue weighted by molar-refractivity contribution is 5.84. The lowest BCUT2D eigenvalue weighted by atomic mass is 10.0. The molecular weight excluding hydrogens is 218 g/mol. The number of nitrogens with zero attached hydrogens (tertiary/aromatic N) is 1. The molecule has 0 aliphatic rings. The number of benzene rings is 1. The lowest BCUT2D eigenvalue weighted by Gasteiger charge is -2.12. The summed E-state index contributed by atoms with van der Waals surface area (Å²) in [6.45, 7) is 0. The largest absolute Gasteiger partial charge is 0.479 e. The van der Waals surface area contributed by atoms with Crippen molar-refractivity contribution in [1.82, 2.24) is 4.57 Å². The van der Waals surface area contributed by atoms with Gasteiger partial charge in [0, 0.05) is 26.8 Å². The highest BCUT2D eigenvalue weighted by atomic mass is 16.5. The van der Waals surface area contributed by atoms with Gasteiger partial charge in [0.2, 0.25) is 0 Å². The van der Waals surface area contributed by atoms with Gasteiger partial charge in [-0.05, 0) is 17.0 Å². The Morgan fingerprint density at radius 1 is 1.47 bits per heavy atom. The van der Waals surface area contributed by atoms with Gasteiger partial charge in [-0.2, -0.15) is 0 Å². The van der Waals surface area contributed by atoms with Crippen molar-refractivity contribution in [2.45, 2.75) is 12.5 Å². The number of aromatic nitrogens is 1. The lowest BCUT2D eigenvalue weighted by Crippen LogP contribution is -2.25. The number of rotatable bonds is 4. The quantitative estimate of drug-likeness (QED) is 0.876. The van der Waals surface area contributed by atoms with Crippen LogP contribution < -0.4 is 0 Å². The summed E-state index contributed by atoms with van der Waals surface area (Å²) in [5.41, 5.74) is 2.06. The minimum atomic E-state index is -0.932. The van der Waals surface area contributed by atoms with E-state index < -0.39 is 12.1 Å². The molecule has 1 N–H and O–H groups in total. The maximum absolute atomic E-state index is 11.0. The number of para-hydroxylation sites is 1. The number of aryl methyl sites for hydroxylation is 1. The van der Waals surface area contributed by atoms with E-state index in [4.69, 9.17) is 9.84 Å². The van der Waals surface area contributed by atoms with Crippen molar-refractivity contribution in [2.75, 3.05) is 7.11 Å². The van der Waals surface area contributed by atoms with Crippen molar-refractivity contribution < 1.29 is 14.6 Å². The Hall–Kier alpha value is -1.81. The molecule has 0 aliphatic carbocycles. The number of carbonyl (C=O) groups is 1. The van der Waals surface area contributed by atoms with Crippen LogP contribution >= 0.6 is 0 Å². The monoisotopic (exact) mass is 233 g/mol. The van der Waals surface area contributed by atoms with E-state index >= 15 is 0 Å². The predicted octanol–water partition coefficient (Wildman–Crippen LogP) is 1.82. The second-order valence-corrected chi connectivity index (χ2v) is 4.05. The van der Waals surface area contributed by atoms with Crippen LogP contribution in [0.3, 0.4) is 0 Å². The Bertz CT molecular complexity index is 545. The molecule has 1 unspecified atom stereocenters. The molecule has 0 saturated heterocycles. The maximum atomic E-state index is 11.0. The van der Waals surface area contributed by atoms with Crippen molar-refractivity contribution in [3.8, 4) is 0 Å². The number of carboxylic acids is 1. The molecule has 0 saturated carbocycles. The summed E-state index contributed by atoms with van der Waals surface area (Å²) < 4.78 is 6.97. The van der Waals surface area contributed by atoms with Crippen LogP contribution in [0.25, 0.3) is 10.9 Å². The Labute approximate surface area is 99.4 Å². The van der Waals surface area contributed by atoms with Crippen LogP contribution in [-0.2, 0) is 23.0 Å². The van der Waals surface area contributed by atoms with E-state index in [-0.39, 0.29) is 0 Å². The van der Waals surface area contributed by atoms with Crippen LogP contribution in [0, 0.1) is 0 Å². The first-order valence-corrected chi connectivity index (χ1v) is 5.42. The zero-order valence-corrected chi connectivity index (χ0v) is 9.88. The normalized spacial score (nSPS) is 12.8. The summed E-state index contributed by atoms with van der Waals surface area (Å²) in [4.78, 5) is 11.0. The number of hydrogen-bond donors (Lipinski definition) is 1. The summed E-state index contributed by atoms with van der Waals surface area (Å²) in [5, 5.41) is 10.1. The SMILES string of the molecule is COC(Cc1cccc2ccn(C)c12)C(=O)O. The van der Waals surface area contributed by atoms with Crippen molar-refractivity contribution in [3.05, 3.63) is 36.0 Å². The Morgan fingerprint density at radius 3 is 2.88 bits per heavy atom. The fourth-order valence-electron chi connectivity index (χ4n) is 2.08. The molecule has 1 aromatic heterocycles. The third-order valence-electron chi connectivity index (χ3n) is 2.95. The molecule has 17 heavy (non-hydrogen) atoms. The number of methoxy groups -OCH3 is 1. The fourth-order valence-corrected chi connectivity index (χ4v) is 2.08. The molecule has 4 nitrogen and oxygen atoms in total. The smallest absolute Gasteiger partial charge is 0.333 e. The highest BCUT2D eigenvalue weighted by Gasteiger charge is 2.18. The first-order valence-electron chi connectivity index (χ1n) is 5.42. The number of fused-ring (bicyclic) bond motifs is 1. The molecule has 1 atom stereocenters. The van der Waals surface area contributed by atoms with Crippen LogP contribution in [0.1, 0.15) is 5.56 Å². The van der Waals surface area contributed by atoms with Gasteiger partial charge in [0.1, 0.15) is 0 Å². The van der Waals surface area contributed by atoms with Gasteiger partial charge in [-0.3, -0.25) is 0 Å². The molecule has 0 aliphatic heterocycles. The molecule has 0 radical (unpaired) electrons.